The molecule has 0 aliphatic carbocycles. The summed E-state index contributed by atoms with van der Waals surface area (Å²) >= 11 is 0. The molecule has 0 saturated carbocycles. The summed E-state index contributed by atoms with van der Waals surface area (Å²) < 4.78 is 0. The quantitative estimate of drug-likeness (QED) is 0.887. The Morgan fingerprint density at radius 1 is 1.30 bits per heavy atom. The number of nitrogens with zero attached hydrogens (tertiary/aromatic N) is 1. The van der Waals surface area contributed by atoms with E-state index in [9.17, 15) is 5.11 Å². The minimum Gasteiger partial charge on any atom is -0.390 e. The standard InChI is InChI=1S/C17H28N2O/c1-4-15(18-3)14-8-5-6-9-16(14)19-12-7-10-17(2,20)11-13-19/h5-6,8-9,15,18,20H,4,7,10-13H2,1-3H3. The Balaban J connectivity index is 2.24. The van der Waals surface area contributed by atoms with Gasteiger partial charge in [0, 0.05) is 24.8 Å². The van der Waals surface area contributed by atoms with Crippen molar-refractivity contribution in [2.45, 2.75) is 51.2 Å². The van der Waals surface area contributed by atoms with Crippen LogP contribution in [0.15, 0.2) is 24.3 Å². The lowest BCUT2D eigenvalue weighted by Crippen LogP contribution is -2.30. The van der Waals surface area contributed by atoms with Crippen LogP contribution >= 0.6 is 0 Å². The zero-order valence-electron chi connectivity index (χ0n) is 13.0. The van der Waals surface area contributed by atoms with E-state index < -0.39 is 5.60 Å². The van der Waals surface area contributed by atoms with Crippen molar-refractivity contribution in [2.75, 3.05) is 25.0 Å². The van der Waals surface area contributed by atoms with E-state index >= 15 is 0 Å². The summed E-state index contributed by atoms with van der Waals surface area (Å²) in [7, 11) is 2.03. The van der Waals surface area contributed by atoms with Crippen molar-refractivity contribution >= 4 is 5.69 Å². The summed E-state index contributed by atoms with van der Waals surface area (Å²) in [6.45, 7) is 6.15. The highest BCUT2D eigenvalue weighted by Gasteiger charge is 2.26. The number of rotatable bonds is 4. The molecule has 1 aromatic carbocycles. The second-order valence-corrected chi connectivity index (χ2v) is 6.15. The van der Waals surface area contributed by atoms with Gasteiger partial charge in [0.2, 0.25) is 0 Å². The van der Waals surface area contributed by atoms with E-state index in [1.807, 2.05) is 14.0 Å². The number of nitrogens with one attached hydrogen (secondary N) is 1. The summed E-state index contributed by atoms with van der Waals surface area (Å²) in [5.41, 5.74) is 2.20. The molecule has 2 rings (SSSR count). The van der Waals surface area contributed by atoms with Gasteiger partial charge in [0.05, 0.1) is 5.60 Å². The molecule has 1 heterocycles. The summed E-state index contributed by atoms with van der Waals surface area (Å²) in [4.78, 5) is 2.44. The molecule has 0 amide bonds. The van der Waals surface area contributed by atoms with E-state index in [2.05, 4.69) is 41.4 Å². The lowest BCUT2D eigenvalue weighted by Gasteiger charge is -2.29. The molecule has 1 aromatic rings. The smallest absolute Gasteiger partial charge is 0.0637 e. The maximum Gasteiger partial charge on any atom is 0.0637 e. The molecule has 2 atom stereocenters. The minimum absolute atomic E-state index is 0.398. The lowest BCUT2D eigenvalue weighted by atomic mass is 9.98. The summed E-state index contributed by atoms with van der Waals surface area (Å²) in [6, 6.07) is 9.07. The third-order valence-electron chi connectivity index (χ3n) is 4.47. The molecule has 3 heteroatoms. The molecular weight excluding hydrogens is 248 g/mol. The van der Waals surface area contributed by atoms with Crippen LogP contribution in [0, 0.1) is 0 Å². The van der Waals surface area contributed by atoms with Crippen LogP contribution in [0.5, 0.6) is 0 Å². The van der Waals surface area contributed by atoms with E-state index in [1.54, 1.807) is 0 Å². The normalized spacial score (nSPS) is 25.3. The van der Waals surface area contributed by atoms with Crippen molar-refractivity contribution in [1.29, 1.82) is 0 Å². The van der Waals surface area contributed by atoms with Crippen LogP contribution in [-0.4, -0.2) is 30.8 Å². The zero-order chi connectivity index (χ0) is 14.6. The van der Waals surface area contributed by atoms with Crippen molar-refractivity contribution in [3.8, 4) is 0 Å². The van der Waals surface area contributed by atoms with Gasteiger partial charge in [-0.25, -0.2) is 0 Å². The SMILES string of the molecule is CCC(NC)c1ccccc1N1CCCC(C)(O)CC1. The van der Waals surface area contributed by atoms with Gasteiger partial charge in [-0.1, -0.05) is 25.1 Å². The van der Waals surface area contributed by atoms with E-state index in [-0.39, 0.29) is 0 Å². The van der Waals surface area contributed by atoms with E-state index in [1.165, 1.54) is 11.3 Å². The summed E-state index contributed by atoms with van der Waals surface area (Å²) in [5.74, 6) is 0. The van der Waals surface area contributed by atoms with Gasteiger partial charge < -0.3 is 15.3 Å². The number of aliphatic hydroxyl groups is 1. The summed E-state index contributed by atoms with van der Waals surface area (Å²) in [5, 5.41) is 13.7. The highest BCUT2D eigenvalue weighted by atomic mass is 16.3. The average molecular weight is 276 g/mol. The van der Waals surface area contributed by atoms with Gasteiger partial charge in [0.1, 0.15) is 0 Å². The van der Waals surface area contributed by atoms with E-state index in [0.717, 1.165) is 38.8 Å². The third kappa shape index (κ3) is 3.53. The number of para-hydroxylation sites is 1. The molecule has 3 nitrogen and oxygen atoms in total. The molecule has 1 aliphatic rings. The molecule has 0 bridgehead atoms. The molecule has 1 aliphatic heterocycles. The Bertz CT molecular complexity index is 427. The first-order valence-electron chi connectivity index (χ1n) is 7.81. The van der Waals surface area contributed by atoms with Crippen molar-refractivity contribution in [2.24, 2.45) is 0 Å². The first kappa shape index (κ1) is 15.3. The first-order chi connectivity index (χ1) is 9.57. The first-order valence-corrected chi connectivity index (χ1v) is 7.81. The minimum atomic E-state index is -0.503. The molecule has 1 saturated heterocycles. The number of benzene rings is 1. The molecule has 0 spiro atoms. The zero-order valence-corrected chi connectivity index (χ0v) is 13.0. The highest BCUT2D eigenvalue weighted by Crippen LogP contribution is 2.31. The van der Waals surface area contributed by atoms with Gasteiger partial charge in [-0.15, -0.1) is 0 Å². The largest absolute Gasteiger partial charge is 0.390 e. The number of anilines is 1. The Kier molecular flexibility index (Phi) is 5.06. The molecule has 112 valence electrons. The summed E-state index contributed by atoms with van der Waals surface area (Å²) in [6.07, 6.45) is 3.88. The number of hydrogen-bond acceptors (Lipinski definition) is 3. The predicted molar refractivity (Wildman–Crippen MR) is 85.2 cm³/mol. The van der Waals surface area contributed by atoms with Crippen LogP contribution in [0.25, 0.3) is 0 Å². The Labute approximate surface area is 123 Å². The van der Waals surface area contributed by atoms with Gasteiger partial charge >= 0.3 is 0 Å². The topological polar surface area (TPSA) is 35.5 Å². The van der Waals surface area contributed by atoms with Crippen molar-refractivity contribution in [3.63, 3.8) is 0 Å². The van der Waals surface area contributed by atoms with Gasteiger partial charge in [0.25, 0.3) is 0 Å². The van der Waals surface area contributed by atoms with Crippen molar-refractivity contribution in [3.05, 3.63) is 29.8 Å². The van der Waals surface area contributed by atoms with Crippen LogP contribution in [0.3, 0.4) is 0 Å². The van der Waals surface area contributed by atoms with Crippen molar-refractivity contribution in [1.82, 2.24) is 5.32 Å². The third-order valence-corrected chi connectivity index (χ3v) is 4.47. The highest BCUT2D eigenvalue weighted by molar-refractivity contribution is 5.55. The van der Waals surface area contributed by atoms with Crippen LogP contribution in [0.2, 0.25) is 0 Å². The van der Waals surface area contributed by atoms with Crippen LogP contribution in [-0.2, 0) is 0 Å². The average Bonchev–Trinajstić information content (AvgIpc) is 2.62. The number of hydrogen-bond donors (Lipinski definition) is 2. The van der Waals surface area contributed by atoms with E-state index in [0.29, 0.717) is 6.04 Å². The molecule has 1 fully saturated rings. The van der Waals surface area contributed by atoms with Crippen LogP contribution in [0.1, 0.15) is 51.1 Å². The molecule has 20 heavy (non-hydrogen) atoms. The second kappa shape index (κ2) is 6.59. The second-order valence-electron chi connectivity index (χ2n) is 6.15. The van der Waals surface area contributed by atoms with Gasteiger partial charge in [-0.2, -0.15) is 0 Å². The maximum atomic E-state index is 10.3. The van der Waals surface area contributed by atoms with Gasteiger partial charge in [0.15, 0.2) is 0 Å². The van der Waals surface area contributed by atoms with Crippen LogP contribution < -0.4 is 10.2 Å². The Morgan fingerprint density at radius 3 is 2.75 bits per heavy atom. The van der Waals surface area contributed by atoms with Gasteiger partial charge in [-0.3, -0.25) is 0 Å². The van der Waals surface area contributed by atoms with Crippen LogP contribution in [0.4, 0.5) is 5.69 Å². The van der Waals surface area contributed by atoms with E-state index in [4.69, 9.17) is 0 Å². The molecular formula is C17H28N2O. The Hall–Kier alpha value is -1.06. The van der Waals surface area contributed by atoms with Crippen molar-refractivity contribution < 1.29 is 5.11 Å². The fourth-order valence-corrected chi connectivity index (χ4v) is 3.15. The predicted octanol–water partition coefficient (Wildman–Crippen LogP) is 3.10. The molecule has 0 aromatic heterocycles. The molecule has 2 N–H and O–H groups in total. The molecule has 2 unspecified atom stereocenters. The fourth-order valence-electron chi connectivity index (χ4n) is 3.15. The maximum absolute atomic E-state index is 10.3. The Morgan fingerprint density at radius 2 is 2.05 bits per heavy atom. The lowest BCUT2D eigenvalue weighted by molar-refractivity contribution is 0.0481. The molecule has 0 radical (unpaired) electrons. The monoisotopic (exact) mass is 276 g/mol. The van der Waals surface area contributed by atoms with Gasteiger partial charge in [-0.05, 0) is 51.3 Å². The fraction of sp³-hybridized carbons (Fsp3) is 0.647.